The van der Waals surface area contributed by atoms with Crippen molar-refractivity contribution in [2.45, 2.75) is 10.9 Å². The van der Waals surface area contributed by atoms with Gasteiger partial charge >= 0.3 is 0 Å². The van der Waals surface area contributed by atoms with Crippen LogP contribution in [0.2, 0.25) is 0 Å². The van der Waals surface area contributed by atoms with Crippen LogP contribution in [0.25, 0.3) is 22.8 Å². The molecule has 26 heavy (non-hydrogen) atoms. The van der Waals surface area contributed by atoms with Crippen LogP contribution >= 0.6 is 11.8 Å². The monoisotopic (exact) mass is 368 g/mol. The third-order valence-electron chi connectivity index (χ3n) is 3.58. The number of benzene rings is 2. The predicted octanol–water partition coefficient (Wildman–Crippen LogP) is 3.14. The summed E-state index contributed by atoms with van der Waals surface area (Å²) in [6.45, 7) is 0. The Bertz CT molecular complexity index is 1020. The quantitative estimate of drug-likeness (QED) is 0.427. The molecule has 0 radical (unpaired) electrons. The smallest absolute Gasteiger partial charge is 0.247 e. The van der Waals surface area contributed by atoms with E-state index in [1.54, 1.807) is 12.1 Å². The van der Waals surface area contributed by atoms with E-state index in [4.69, 9.17) is 10.3 Å². The third kappa shape index (κ3) is 3.29. The number of nitrogen functional groups attached to an aromatic ring is 1. The molecule has 2 aromatic carbocycles. The van der Waals surface area contributed by atoms with Crippen molar-refractivity contribution in [3.8, 4) is 22.8 Å². The molecule has 9 heteroatoms. The zero-order valence-electron chi connectivity index (χ0n) is 13.4. The van der Waals surface area contributed by atoms with Crippen molar-refractivity contribution in [3.05, 3.63) is 66.3 Å². The van der Waals surface area contributed by atoms with E-state index in [0.29, 0.717) is 34.1 Å². The molecule has 0 fully saturated rings. The zero-order valence-corrected chi connectivity index (χ0v) is 14.2. The molecule has 4 aromatic rings. The molecule has 7 nitrogen and oxygen atoms in total. The summed E-state index contributed by atoms with van der Waals surface area (Å²) in [4.78, 5) is 0. The second-order valence-corrected chi connectivity index (χ2v) is 6.28. The first-order valence-corrected chi connectivity index (χ1v) is 8.66. The summed E-state index contributed by atoms with van der Waals surface area (Å²) in [5.74, 6) is 7.49. The fraction of sp³-hybridized carbons (Fsp3) is 0.0588. The van der Waals surface area contributed by atoms with Crippen LogP contribution in [-0.4, -0.2) is 25.1 Å². The average molecular weight is 368 g/mol. The van der Waals surface area contributed by atoms with Crippen LogP contribution in [-0.2, 0) is 5.75 Å². The number of halogens is 1. The normalized spacial score (nSPS) is 11.0. The highest BCUT2D eigenvalue weighted by molar-refractivity contribution is 7.98. The molecule has 130 valence electrons. The Kier molecular flexibility index (Phi) is 4.36. The van der Waals surface area contributed by atoms with Crippen molar-refractivity contribution in [3.63, 3.8) is 0 Å². The fourth-order valence-corrected chi connectivity index (χ4v) is 3.00. The first-order valence-electron chi connectivity index (χ1n) is 7.68. The molecule has 0 saturated heterocycles. The highest BCUT2D eigenvalue weighted by Gasteiger charge is 2.14. The molecule has 0 aliphatic rings. The molecule has 0 unspecified atom stereocenters. The fourth-order valence-electron chi connectivity index (χ4n) is 2.31. The standard InChI is InChI=1S/C17H13FN6OS/c18-13-8-6-11(7-9-13)15-21-23-17(24(15)19)26-10-14-20-22-16(25-14)12-4-2-1-3-5-12/h1-9H,10,19H2. The lowest BCUT2D eigenvalue weighted by Crippen LogP contribution is -2.11. The molecular weight excluding hydrogens is 355 g/mol. The Morgan fingerprint density at radius 1 is 0.923 bits per heavy atom. The molecule has 0 atom stereocenters. The first-order chi connectivity index (χ1) is 12.7. The molecule has 2 N–H and O–H groups in total. The van der Waals surface area contributed by atoms with E-state index in [1.165, 1.54) is 28.6 Å². The van der Waals surface area contributed by atoms with E-state index in [2.05, 4.69) is 20.4 Å². The van der Waals surface area contributed by atoms with E-state index < -0.39 is 0 Å². The minimum absolute atomic E-state index is 0.322. The lowest BCUT2D eigenvalue weighted by atomic mass is 10.2. The maximum Gasteiger partial charge on any atom is 0.247 e. The van der Waals surface area contributed by atoms with Crippen molar-refractivity contribution in [1.29, 1.82) is 0 Å². The van der Waals surface area contributed by atoms with Gasteiger partial charge in [-0.15, -0.1) is 20.4 Å². The Hall–Kier alpha value is -3.20. The third-order valence-corrected chi connectivity index (χ3v) is 4.51. The van der Waals surface area contributed by atoms with Crippen LogP contribution < -0.4 is 5.84 Å². The van der Waals surface area contributed by atoms with Crippen LogP contribution in [0.4, 0.5) is 4.39 Å². The molecular formula is C17H13FN6OS. The Morgan fingerprint density at radius 2 is 1.69 bits per heavy atom. The Labute approximate surface area is 152 Å². The summed E-state index contributed by atoms with van der Waals surface area (Å²) in [5, 5.41) is 16.7. The van der Waals surface area contributed by atoms with Gasteiger partial charge in [0.15, 0.2) is 5.82 Å². The van der Waals surface area contributed by atoms with Crippen molar-refractivity contribution >= 4 is 11.8 Å². The van der Waals surface area contributed by atoms with Gasteiger partial charge in [-0.25, -0.2) is 9.07 Å². The maximum absolute atomic E-state index is 13.0. The van der Waals surface area contributed by atoms with Gasteiger partial charge in [0, 0.05) is 11.1 Å². The molecule has 2 heterocycles. The molecule has 0 bridgehead atoms. The number of hydrogen-bond donors (Lipinski definition) is 1. The van der Waals surface area contributed by atoms with Gasteiger partial charge in [0.1, 0.15) is 5.82 Å². The highest BCUT2D eigenvalue weighted by atomic mass is 32.2. The zero-order chi connectivity index (χ0) is 17.9. The van der Waals surface area contributed by atoms with Crippen LogP contribution in [0.3, 0.4) is 0 Å². The summed E-state index contributed by atoms with van der Waals surface area (Å²) in [7, 11) is 0. The van der Waals surface area contributed by atoms with Crippen molar-refractivity contribution in [2.24, 2.45) is 0 Å². The molecule has 2 aromatic heterocycles. The van der Waals surface area contributed by atoms with Crippen LogP contribution in [0.5, 0.6) is 0 Å². The SMILES string of the molecule is Nn1c(SCc2nnc(-c3ccccc3)o2)nnc1-c1ccc(F)cc1. The average Bonchev–Trinajstić information content (AvgIpc) is 3.29. The summed E-state index contributed by atoms with van der Waals surface area (Å²) < 4.78 is 20.0. The van der Waals surface area contributed by atoms with Crippen LogP contribution in [0.1, 0.15) is 5.89 Å². The number of rotatable bonds is 5. The van der Waals surface area contributed by atoms with Crippen molar-refractivity contribution in [1.82, 2.24) is 25.1 Å². The number of hydrogen-bond acceptors (Lipinski definition) is 7. The molecule has 4 rings (SSSR count). The first kappa shape index (κ1) is 16.3. The second kappa shape index (κ2) is 6.96. The minimum Gasteiger partial charge on any atom is -0.420 e. The highest BCUT2D eigenvalue weighted by Crippen LogP contribution is 2.25. The van der Waals surface area contributed by atoms with Gasteiger partial charge < -0.3 is 10.3 Å². The van der Waals surface area contributed by atoms with Crippen molar-refractivity contribution in [2.75, 3.05) is 5.84 Å². The maximum atomic E-state index is 13.0. The lowest BCUT2D eigenvalue weighted by molar-refractivity contribution is 0.528. The van der Waals surface area contributed by atoms with Gasteiger partial charge in [0.2, 0.25) is 16.9 Å². The number of thioether (sulfide) groups is 1. The van der Waals surface area contributed by atoms with Gasteiger partial charge in [-0.05, 0) is 36.4 Å². The van der Waals surface area contributed by atoms with Gasteiger partial charge in [0.05, 0.1) is 5.75 Å². The molecule has 0 amide bonds. The number of aromatic nitrogens is 5. The molecule has 0 spiro atoms. The lowest BCUT2D eigenvalue weighted by Gasteiger charge is -2.02. The summed E-state index contributed by atoms with van der Waals surface area (Å²) in [6, 6.07) is 15.4. The molecule has 0 aliphatic heterocycles. The van der Waals surface area contributed by atoms with E-state index in [9.17, 15) is 4.39 Å². The summed E-state index contributed by atoms with van der Waals surface area (Å²) in [6.07, 6.45) is 0. The summed E-state index contributed by atoms with van der Waals surface area (Å²) >= 11 is 1.32. The van der Waals surface area contributed by atoms with Gasteiger partial charge in [-0.3, -0.25) is 0 Å². The van der Waals surface area contributed by atoms with E-state index >= 15 is 0 Å². The Balaban J connectivity index is 1.47. The molecule has 0 aliphatic carbocycles. The van der Waals surface area contributed by atoms with Gasteiger partial charge in [-0.1, -0.05) is 30.0 Å². The van der Waals surface area contributed by atoms with Crippen molar-refractivity contribution < 1.29 is 8.81 Å². The van der Waals surface area contributed by atoms with Gasteiger partial charge in [-0.2, -0.15) is 0 Å². The second-order valence-electron chi connectivity index (χ2n) is 5.34. The summed E-state index contributed by atoms with van der Waals surface area (Å²) in [5.41, 5.74) is 1.54. The number of nitrogens with two attached hydrogens (primary N) is 1. The number of nitrogens with zero attached hydrogens (tertiary/aromatic N) is 5. The van der Waals surface area contributed by atoms with E-state index in [0.717, 1.165) is 5.56 Å². The predicted molar refractivity (Wildman–Crippen MR) is 94.9 cm³/mol. The van der Waals surface area contributed by atoms with E-state index in [-0.39, 0.29) is 5.82 Å². The topological polar surface area (TPSA) is 95.7 Å². The van der Waals surface area contributed by atoms with Crippen LogP contribution in [0.15, 0.2) is 64.2 Å². The molecule has 0 saturated carbocycles. The van der Waals surface area contributed by atoms with Gasteiger partial charge in [0.25, 0.3) is 0 Å². The Morgan fingerprint density at radius 3 is 2.46 bits per heavy atom. The van der Waals surface area contributed by atoms with Crippen LogP contribution in [0, 0.1) is 5.82 Å². The largest absolute Gasteiger partial charge is 0.420 e. The van der Waals surface area contributed by atoms with E-state index in [1.807, 2.05) is 30.3 Å². The minimum atomic E-state index is -0.322.